The molecule has 0 bridgehead atoms. The molecule has 0 aliphatic carbocycles. The highest BCUT2D eigenvalue weighted by molar-refractivity contribution is 9.10. The second-order valence-corrected chi connectivity index (χ2v) is 5.27. The van der Waals surface area contributed by atoms with Crippen molar-refractivity contribution in [1.29, 1.82) is 0 Å². The molecule has 0 atom stereocenters. The molecule has 0 saturated carbocycles. The minimum Gasteiger partial charge on any atom is -0.464 e. The first-order valence-corrected chi connectivity index (χ1v) is 6.04. The molecular weight excluding hydrogens is 286 g/mol. The molecule has 1 rings (SSSR count). The third-order valence-electron chi connectivity index (χ3n) is 1.68. The summed E-state index contributed by atoms with van der Waals surface area (Å²) in [5, 5.41) is 2.62. The van der Waals surface area contributed by atoms with Crippen LogP contribution in [0.1, 0.15) is 26.5 Å². The van der Waals surface area contributed by atoms with Crippen LogP contribution in [0.2, 0.25) is 0 Å². The number of carbonyl (C=O) groups is 1. The van der Waals surface area contributed by atoms with E-state index in [-0.39, 0.29) is 0 Å². The van der Waals surface area contributed by atoms with Gasteiger partial charge in [-0.15, -0.1) is 0 Å². The number of amides is 1. The number of furan rings is 1. The van der Waals surface area contributed by atoms with Gasteiger partial charge in [0.25, 0.3) is 0 Å². The van der Waals surface area contributed by atoms with Crippen molar-refractivity contribution in [2.45, 2.75) is 26.4 Å². The van der Waals surface area contributed by atoms with Crippen molar-refractivity contribution in [3.8, 4) is 0 Å². The number of carbonyl (C=O) groups excluding carboxylic acids is 1. The SMILES string of the molecule is CC(C)(C)OC(=O)NCC=Cc1occc1Br. The highest BCUT2D eigenvalue weighted by atomic mass is 79.9. The quantitative estimate of drug-likeness (QED) is 0.928. The van der Waals surface area contributed by atoms with Crippen molar-refractivity contribution >= 4 is 28.1 Å². The molecule has 94 valence electrons. The number of rotatable bonds is 3. The first-order valence-electron chi connectivity index (χ1n) is 5.25. The summed E-state index contributed by atoms with van der Waals surface area (Å²) in [6.45, 7) is 5.86. The van der Waals surface area contributed by atoms with Gasteiger partial charge < -0.3 is 14.5 Å². The summed E-state index contributed by atoms with van der Waals surface area (Å²) in [6.07, 6.45) is 4.72. The van der Waals surface area contributed by atoms with Crippen LogP contribution in [0.15, 0.2) is 27.3 Å². The van der Waals surface area contributed by atoms with Gasteiger partial charge in [0.05, 0.1) is 10.7 Å². The van der Waals surface area contributed by atoms with Gasteiger partial charge in [-0.2, -0.15) is 0 Å². The molecule has 1 amide bonds. The Bertz CT molecular complexity index is 404. The molecular formula is C12H16BrNO3. The highest BCUT2D eigenvalue weighted by Gasteiger charge is 2.14. The second kappa shape index (κ2) is 5.91. The summed E-state index contributed by atoms with van der Waals surface area (Å²) in [5.74, 6) is 0.719. The van der Waals surface area contributed by atoms with E-state index in [0.717, 1.165) is 10.2 Å². The lowest BCUT2D eigenvalue weighted by Crippen LogP contribution is -2.32. The van der Waals surface area contributed by atoms with Gasteiger partial charge in [0.1, 0.15) is 11.4 Å². The minimum absolute atomic E-state index is 0.391. The number of nitrogens with one attached hydrogen (secondary N) is 1. The van der Waals surface area contributed by atoms with Gasteiger partial charge in [-0.25, -0.2) is 4.79 Å². The van der Waals surface area contributed by atoms with Crippen molar-refractivity contribution in [3.63, 3.8) is 0 Å². The summed E-state index contributed by atoms with van der Waals surface area (Å²) in [5.41, 5.74) is -0.474. The molecule has 1 aromatic heterocycles. The van der Waals surface area contributed by atoms with Crippen LogP contribution < -0.4 is 5.32 Å². The predicted molar refractivity (Wildman–Crippen MR) is 69.7 cm³/mol. The van der Waals surface area contributed by atoms with Crippen LogP contribution in [0.4, 0.5) is 4.79 Å². The Morgan fingerprint density at radius 2 is 2.29 bits per heavy atom. The Kier molecular flexibility index (Phi) is 4.81. The van der Waals surface area contributed by atoms with Crippen molar-refractivity contribution in [2.75, 3.05) is 6.54 Å². The first kappa shape index (κ1) is 13.8. The monoisotopic (exact) mass is 301 g/mol. The zero-order valence-electron chi connectivity index (χ0n) is 10.1. The topological polar surface area (TPSA) is 51.5 Å². The molecule has 0 spiro atoms. The molecule has 0 unspecified atom stereocenters. The first-order chi connectivity index (χ1) is 7.88. The molecule has 0 aliphatic rings. The summed E-state index contributed by atoms with van der Waals surface area (Å²) in [4.78, 5) is 11.3. The highest BCUT2D eigenvalue weighted by Crippen LogP contribution is 2.18. The maximum atomic E-state index is 11.3. The van der Waals surface area contributed by atoms with Crippen LogP contribution in [0, 0.1) is 0 Å². The molecule has 0 aromatic carbocycles. The summed E-state index contributed by atoms with van der Waals surface area (Å²) >= 11 is 3.33. The summed E-state index contributed by atoms with van der Waals surface area (Å²) in [6, 6.07) is 1.81. The van der Waals surface area contributed by atoms with Crippen LogP contribution >= 0.6 is 15.9 Å². The van der Waals surface area contributed by atoms with E-state index in [1.165, 1.54) is 0 Å². The molecule has 0 fully saturated rings. The third-order valence-corrected chi connectivity index (χ3v) is 2.33. The Morgan fingerprint density at radius 1 is 1.59 bits per heavy atom. The van der Waals surface area contributed by atoms with Crippen LogP contribution in [0.5, 0.6) is 0 Å². The molecule has 0 saturated heterocycles. The minimum atomic E-state index is -0.474. The Balaban J connectivity index is 2.31. The number of hydrogen-bond donors (Lipinski definition) is 1. The number of ether oxygens (including phenoxy) is 1. The van der Waals surface area contributed by atoms with E-state index in [0.29, 0.717) is 6.54 Å². The van der Waals surface area contributed by atoms with E-state index in [4.69, 9.17) is 9.15 Å². The molecule has 1 aromatic rings. The van der Waals surface area contributed by atoms with E-state index in [2.05, 4.69) is 21.2 Å². The van der Waals surface area contributed by atoms with Crippen molar-refractivity contribution in [1.82, 2.24) is 5.32 Å². The maximum Gasteiger partial charge on any atom is 0.407 e. The molecule has 17 heavy (non-hydrogen) atoms. The van der Waals surface area contributed by atoms with Crippen LogP contribution in [-0.4, -0.2) is 18.2 Å². The number of hydrogen-bond acceptors (Lipinski definition) is 3. The van der Waals surface area contributed by atoms with Gasteiger partial charge in [0, 0.05) is 6.54 Å². The Morgan fingerprint density at radius 3 is 2.82 bits per heavy atom. The van der Waals surface area contributed by atoms with Crippen molar-refractivity contribution < 1.29 is 13.9 Å². The van der Waals surface area contributed by atoms with Gasteiger partial charge in [0.2, 0.25) is 0 Å². The third kappa shape index (κ3) is 5.58. The van der Waals surface area contributed by atoms with Gasteiger partial charge in [0.15, 0.2) is 0 Å². The van der Waals surface area contributed by atoms with Crippen molar-refractivity contribution in [3.05, 3.63) is 28.6 Å². The fourth-order valence-electron chi connectivity index (χ4n) is 1.05. The normalized spacial score (nSPS) is 11.8. The fraction of sp³-hybridized carbons (Fsp3) is 0.417. The van der Waals surface area contributed by atoms with Gasteiger partial charge in [-0.05, 0) is 48.8 Å². The molecule has 1 heterocycles. The smallest absolute Gasteiger partial charge is 0.407 e. The fourth-order valence-corrected chi connectivity index (χ4v) is 1.38. The molecule has 1 N–H and O–H groups in total. The van der Waals surface area contributed by atoms with E-state index < -0.39 is 11.7 Å². The lowest BCUT2D eigenvalue weighted by Gasteiger charge is -2.19. The van der Waals surface area contributed by atoms with E-state index in [1.807, 2.05) is 20.8 Å². The standard InChI is InChI=1S/C12H16BrNO3/c1-12(2,3)17-11(15)14-7-4-5-10-9(13)6-8-16-10/h4-6,8H,7H2,1-3H3,(H,14,15). The zero-order chi connectivity index (χ0) is 12.9. The zero-order valence-corrected chi connectivity index (χ0v) is 11.7. The van der Waals surface area contributed by atoms with E-state index in [9.17, 15) is 4.79 Å². The van der Waals surface area contributed by atoms with Crippen molar-refractivity contribution in [2.24, 2.45) is 0 Å². The number of alkyl carbamates (subject to hydrolysis) is 1. The summed E-state index contributed by atoms with van der Waals surface area (Å²) in [7, 11) is 0. The van der Waals surface area contributed by atoms with Crippen LogP contribution in [0.25, 0.3) is 6.08 Å². The molecule has 0 aliphatic heterocycles. The second-order valence-electron chi connectivity index (χ2n) is 4.42. The summed E-state index contributed by atoms with van der Waals surface area (Å²) < 4.78 is 11.1. The van der Waals surface area contributed by atoms with Gasteiger partial charge in [-0.1, -0.05) is 6.08 Å². The Hall–Kier alpha value is -1.23. The van der Waals surface area contributed by atoms with E-state index >= 15 is 0 Å². The Labute approximate surface area is 109 Å². The molecule has 4 nitrogen and oxygen atoms in total. The van der Waals surface area contributed by atoms with Crippen LogP contribution in [-0.2, 0) is 4.74 Å². The predicted octanol–water partition coefficient (Wildman–Crippen LogP) is 3.58. The lowest BCUT2D eigenvalue weighted by molar-refractivity contribution is 0.0534. The number of halogens is 1. The van der Waals surface area contributed by atoms with Crippen LogP contribution in [0.3, 0.4) is 0 Å². The van der Waals surface area contributed by atoms with Gasteiger partial charge >= 0.3 is 6.09 Å². The molecule has 5 heteroatoms. The molecule has 0 radical (unpaired) electrons. The average Bonchev–Trinajstić information content (AvgIpc) is 2.56. The maximum absolute atomic E-state index is 11.3. The van der Waals surface area contributed by atoms with E-state index in [1.54, 1.807) is 24.5 Å². The largest absolute Gasteiger partial charge is 0.464 e. The van der Waals surface area contributed by atoms with Gasteiger partial charge in [-0.3, -0.25) is 0 Å². The lowest BCUT2D eigenvalue weighted by atomic mass is 10.2. The average molecular weight is 302 g/mol.